The van der Waals surface area contributed by atoms with Crippen LogP contribution in [0.2, 0.25) is 0 Å². The summed E-state index contributed by atoms with van der Waals surface area (Å²) in [6.07, 6.45) is 0.850. The fourth-order valence-corrected chi connectivity index (χ4v) is 2.00. The third-order valence-corrected chi connectivity index (χ3v) is 2.94. The first-order valence-electron chi connectivity index (χ1n) is 5.86. The number of imide groups is 1. The first-order chi connectivity index (χ1) is 8.47. The van der Waals surface area contributed by atoms with Gasteiger partial charge >= 0.3 is 0 Å². The Bertz CT molecular complexity index is 481. The van der Waals surface area contributed by atoms with Crippen molar-refractivity contribution in [3.05, 3.63) is 17.5 Å². The highest BCUT2D eigenvalue weighted by atomic mass is 16.2. The molecule has 0 aliphatic carbocycles. The van der Waals surface area contributed by atoms with Crippen molar-refractivity contribution in [3.8, 4) is 0 Å². The summed E-state index contributed by atoms with van der Waals surface area (Å²) in [6, 6.07) is 1.44. The highest BCUT2D eigenvalue weighted by Crippen LogP contribution is 2.15. The number of piperidine rings is 1. The normalized spacial score (nSPS) is 20.2. The van der Waals surface area contributed by atoms with Crippen molar-refractivity contribution < 1.29 is 9.59 Å². The molecule has 2 rings (SSSR count). The van der Waals surface area contributed by atoms with E-state index in [1.54, 1.807) is 0 Å². The smallest absolute Gasteiger partial charge is 0.251 e. The van der Waals surface area contributed by atoms with E-state index in [1.165, 1.54) is 7.05 Å². The standard InChI is InChI=1S/C12H16N4O2/c1-7-6-8(2)14-12(13-7)15-9-4-5-10(17)16(3)11(9)18/h6,9H,4-5H2,1-3H3,(H,13,14,15). The Labute approximate surface area is 105 Å². The summed E-state index contributed by atoms with van der Waals surface area (Å²) in [6.45, 7) is 3.75. The van der Waals surface area contributed by atoms with E-state index in [-0.39, 0.29) is 11.8 Å². The number of amides is 2. The van der Waals surface area contributed by atoms with Crippen LogP contribution in [0, 0.1) is 13.8 Å². The van der Waals surface area contributed by atoms with Crippen LogP contribution in [0.25, 0.3) is 0 Å². The van der Waals surface area contributed by atoms with Crippen LogP contribution in [0.1, 0.15) is 24.2 Å². The van der Waals surface area contributed by atoms with Gasteiger partial charge in [-0.1, -0.05) is 0 Å². The lowest BCUT2D eigenvalue weighted by atomic mass is 10.1. The van der Waals surface area contributed by atoms with Crippen molar-refractivity contribution in [2.75, 3.05) is 12.4 Å². The third-order valence-electron chi connectivity index (χ3n) is 2.94. The molecule has 1 fully saturated rings. The number of anilines is 1. The average molecular weight is 248 g/mol. The van der Waals surface area contributed by atoms with Crippen molar-refractivity contribution in [2.24, 2.45) is 0 Å². The van der Waals surface area contributed by atoms with E-state index in [0.717, 1.165) is 16.3 Å². The van der Waals surface area contributed by atoms with Gasteiger partial charge in [-0.3, -0.25) is 14.5 Å². The number of carbonyl (C=O) groups excluding carboxylic acids is 2. The van der Waals surface area contributed by atoms with Crippen LogP contribution in [0.3, 0.4) is 0 Å². The molecular weight excluding hydrogens is 232 g/mol. The molecule has 18 heavy (non-hydrogen) atoms. The molecule has 6 nitrogen and oxygen atoms in total. The van der Waals surface area contributed by atoms with Gasteiger partial charge in [0.15, 0.2) is 0 Å². The summed E-state index contributed by atoms with van der Waals surface area (Å²) in [5.74, 6) is 0.0713. The molecule has 0 bridgehead atoms. The van der Waals surface area contributed by atoms with Gasteiger partial charge < -0.3 is 5.32 Å². The van der Waals surface area contributed by atoms with E-state index in [9.17, 15) is 9.59 Å². The van der Waals surface area contributed by atoms with Gasteiger partial charge in [0.25, 0.3) is 5.91 Å². The highest BCUT2D eigenvalue weighted by Gasteiger charge is 2.32. The molecule has 96 valence electrons. The minimum atomic E-state index is -0.422. The fourth-order valence-electron chi connectivity index (χ4n) is 2.00. The molecule has 1 aromatic rings. The average Bonchev–Trinajstić information content (AvgIpc) is 2.29. The van der Waals surface area contributed by atoms with Gasteiger partial charge in [-0.05, 0) is 26.3 Å². The largest absolute Gasteiger partial charge is 0.342 e. The lowest BCUT2D eigenvalue weighted by molar-refractivity contribution is -0.146. The van der Waals surface area contributed by atoms with Gasteiger partial charge in [0.2, 0.25) is 11.9 Å². The van der Waals surface area contributed by atoms with Crippen molar-refractivity contribution in [1.29, 1.82) is 0 Å². The number of carbonyl (C=O) groups is 2. The molecule has 2 amide bonds. The van der Waals surface area contributed by atoms with Crippen molar-refractivity contribution >= 4 is 17.8 Å². The summed E-state index contributed by atoms with van der Waals surface area (Å²) in [7, 11) is 1.50. The maximum atomic E-state index is 11.9. The first-order valence-corrected chi connectivity index (χ1v) is 5.86. The van der Waals surface area contributed by atoms with E-state index >= 15 is 0 Å². The highest BCUT2D eigenvalue weighted by molar-refractivity contribution is 6.01. The summed E-state index contributed by atoms with van der Waals surface area (Å²) in [4.78, 5) is 32.9. The molecule has 1 N–H and O–H groups in total. The number of aryl methyl sites for hydroxylation is 2. The zero-order chi connectivity index (χ0) is 13.3. The van der Waals surface area contributed by atoms with E-state index in [1.807, 2.05) is 19.9 Å². The molecule has 1 saturated heterocycles. The molecule has 0 saturated carbocycles. The molecular formula is C12H16N4O2. The molecule has 1 atom stereocenters. The Hall–Kier alpha value is -1.98. The Morgan fingerprint density at radius 2 is 1.89 bits per heavy atom. The molecule has 0 spiro atoms. The number of nitrogens with one attached hydrogen (secondary N) is 1. The van der Waals surface area contributed by atoms with E-state index in [2.05, 4.69) is 15.3 Å². The number of nitrogens with zero attached hydrogens (tertiary/aromatic N) is 3. The van der Waals surface area contributed by atoms with Gasteiger partial charge in [-0.2, -0.15) is 0 Å². The zero-order valence-electron chi connectivity index (χ0n) is 10.7. The Kier molecular flexibility index (Phi) is 3.27. The molecule has 2 heterocycles. The minimum absolute atomic E-state index is 0.139. The summed E-state index contributed by atoms with van der Waals surface area (Å²) < 4.78 is 0. The fraction of sp³-hybridized carbons (Fsp3) is 0.500. The number of hydrogen-bond donors (Lipinski definition) is 1. The molecule has 1 unspecified atom stereocenters. The van der Waals surface area contributed by atoms with Gasteiger partial charge in [0.05, 0.1) is 0 Å². The Balaban J connectivity index is 2.14. The SMILES string of the molecule is Cc1cc(C)nc(NC2CCC(=O)N(C)C2=O)n1. The van der Waals surface area contributed by atoms with E-state index < -0.39 is 6.04 Å². The molecule has 0 radical (unpaired) electrons. The van der Waals surface area contributed by atoms with Crippen molar-refractivity contribution in [3.63, 3.8) is 0 Å². The van der Waals surface area contributed by atoms with Crippen LogP contribution in [-0.4, -0.2) is 39.8 Å². The van der Waals surface area contributed by atoms with E-state index in [4.69, 9.17) is 0 Å². The van der Waals surface area contributed by atoms with Crippen LogP contribution >= 0.6 is 0 Å². The monoisotopic (exact) mass is 248 g/mol. The maximum Gasteiger partial charge on any atom is 0.251 e. The van der Waals surface area contributed by atoms with Crippen LogP contribution in [0.4, 0.5) is 5.95 Å². The van der Waals surface area contributed by atoms with Gasteiger partial charge in [-0.15, -0.1) is 0 Å². The number of rotatable bonds is 2. The van der Waals surface area contributed by atoms with Crippen LogP contribution in [-0.2, 0) is 9.59 Å². The number of likely N-dealkylation sites (tertiary alicyclic amines) is 1. The zero-order valence-corrected chi connectivity index (χ0v) is 10.7. The Morgan fingerprint density at radius 1 is 1.28 bits per heavy atom. The lowest BCUT2D eigenvalue weighted by Crippen LogP contribution is -2.48. The van der Waals surface area contributed by atoms with E-state index in [0.29, 0.717) is 18.8 Å². The lowest BCUT2D eigenvalue weighted by Gasteiger charge is -2.28. The topological polar surface area (TPSA) is 75.2 Å². The predicted molar refractivity (Wildman–Crippen MR) is 65.9 cm³/mol. The summed E-state index contributed by atoms with van der Waals surface area (Å²) >= 11 is 0. The molecule has 1 aromatic heterocycles. The number of aromatic nitrogens is 2. The van der Waals surface area contributed by atoms with Crippen LogP contribution in [0.5, 0.6) is 0 Å². The Morgan fingerprint density at radius 3 is 2.50 bits per heavy atom. The summed E-state index contributed by atoms with van der Waals surface area (Å²) in [5, 5.41) is 3.00. The van der Waals surface area contributed by atoms with Gasteiger partial charge in [0.1, 0.15) is 6.04 Å². The summed E-state index contributed by atoms with van der Waals surface area (Å²) in [5.41, 5.74) is 1.69. The van der Waals surface area contributed by atoms with Crippen LogP contribution in [0.15, 0.2) is 6.07 Å². The number of hydrogen-bond acceptors (Lipinski definition) is 5. The molecule has 6 heteroatoms. The molecule has 1 aliphatic rings. The van der Waals surface area contributed by atoms with Crippen molar-refractivity contribution in [2.45, 2.75) is 32.7 Å². The molecule has 1 aliphatic heterocycles. The quantitative estimate of drug-likeness (QED) is 0.778. The maximum absolute atomic E-state index is 11.9. The van der Waals surface area contributed by atoms with Crippen molar-refractivity contribution in [1.82, 2.24) is 14.9 Å². The van der Waals surface area contributed by atoms with Gasteiger partial charge in [0, 0.05) is 24.9 Å². The predicted octanol–water partition coefficient (Wildman–Crippen LogP) is 0.653. The second-order valence-electron chi connectivity index (χ2n) is 4.50. The second kappa shape index (κ2) is 4.72. The second-order valence-corrected chi connectivity index (χ2v) is 4.50. The van der Waals surface area contributed by atoms with Gasteiger partial charge in [-0.25, -0.2) is 9.97 Å². The molecule has 0 aromatic carbocycles. The number of likely N-dealkylation sites (N-methyl/N-ethyl adjacent to an activating group) is 1. The minimum Gasteiger partial charge on any atom is -0.342 e. The van der Waals surface area contributed by atoms with Crippen LogP contribution < -0.4 is 5.32 Å². The third kappa shape index (κ3) is 2.47. The first kappa shape index (κ1) is 12.5.